The molecule has 2 aromatic carbocycles. The molecule has 0 atom stereocenters. The number of rotatable bonds is 7. The van der Waals surface area contributed by atoms with Gasteiger partial charge in [-0.3, -0.25) is 4.79 Å². The molecule has 0 amide bonds. The molecule has 4 N–H and O–H groups in total. The zero-order valence-corrected chi connectivity index (χ0v) is 13.4. The zero-order valence-electron chi connectivity index (χ0n) is 12.6. The van der Waals surface area contributed by atoms with E-state index < -0.39 is 16.0 Å². The van der Waals surface area contributed by atoms with Crippen molar-refractivity contribution in [3.63, 3.8) is 0 Å². The summed E-state index contributed by atoms with van der Waals surface area (Å²) in [5.41, 5.74) is 1.88. The number of benzene rings is 2. The smallest absolute Gasteiger partial charge is 0.305 e. The number of nitrogens with zero attached hydrogens (tertiary/aromatic N) is 2. The fraction of sp³-hybridized carbons (Fsp3) is 0.133. The number of nitrogens with one attached hydrogen (secondary N) is 1. The summed E-state index contributed by atoms with van der Waals surface area (Å²) in [5.74, 6) is -0.860. The molecule has 0 spiro atoms. The van der Waals surface area contributed by atoms with Crippen molar-refractivity contribution >= 4 is 33.1 Å². The maximum absolute atomic E-state index is 11.2. The second-order valence-electron chi connectivity index (χ2n) is 4.86. The van der Waals surface area contributed by atoms with Gasteiger partial charge in [-0.05, 0) is 48.5 Å². The number of carboxylic acid groups (broad SMARTS) is 1. The largest absolute Gasteiger partial charge is 0.481 e. The highest BCUT2D eigenvalue weighted by Crippen LogP contribution is 2.21. The molecule has 8 nitrogen and oxygen atoms in total. The lowest BCUT2D eigenvalue weighted by atomic mass is 10.3. The van der Waals surface area contributed by atoms with Crippen molar-refractivity contribution in [2.75, 3.05) is 11.9 Å². The molecule has 24 heavy (non-hydrogen) atoms. The SMILES string of the molecule is NS(=O)(=O)c1ccc(/N=N/c2ccc(NCCC(=O)O)cc2)cc1. The van der Waals surface area contributed by atoms with Gasteiger partial charge in [0.2, 0.25) is 10.0 Å². The molecule has 9 heteroatoms. The molecule has 0 radical (unpaired) electrons. The normalized spacial score (nSPS) is 11.5. The van der Waals surface area contributed by atoms with Crippen LogP contribution in [0.1, 0.15) is 6.42 Å². The first kappa shape index (κ1) is 17.6. The topological polar surface area (TPSA) is 134 Å². The second-order valence-corrected chi connectivity index (χ2v) is 6.42. The Labute approximate surface area is 139 Å². The molecule has 0 unspecified atom stereocenters. The monoisotopic (exact) mass is 348 g/mol. The minimum atomic E-state index is -3.72. The van der Waals surface area contributed by atoms with E-state index in [-0.39, 0.29) is 11.3 Å². The number of sulfonamides is 1. The van der Waals surface area contributed by atoms with Gasteiger partial charge in [-0.1, -0.05) is 0 Å². The van der Waals surface area contributed by atoms with E-state index in [1.807, 2.05) is 0 Å². The van der Waals surface area contributed by atoms with Crippen LogP contribution in [0.25, 0.3) is 0 Å². The van der Waals surface area contributed by atoms with Crippen molar-refractivity contribution in [3.05, 3.63) is 48.5 Å². The third-order valence-electron chi connectivity index (χ3n) is 2.98. The highest BCUT2D eigenvalue weighted by Gasteiger charge is 2.06. The molecule has 0 bridgehead atoms. The standard InChI is InChI=1S/C15H16N4O4S/c16-24(22,23)14-7-5-13(6-8-14)19-18-12-3-1-11(2-4-12)17-10-9-15(20)21/h1-8,17H,9-10H2,(H,20,21)(H2,16,22,23)/b19-18+. The predicted molar refractivity (Wildman–Crippen MR) is 89.2 cm³/mol. The van der Waals surface area contributed by atoms with Crippen LogP contribution < -0.4 is 10.5 Å². The Balaban J connectivity index is 1.98. The highest BCUT2D eigenvalue weighted by atomic mass is 32.2. The number of hydrogen-bond acceptors (Lipinski definition) is 6. The Hall–Kier alpha value is -2.78. The molecule has 126 valence electrons. The summed E-state index contributed by atoms with van der Waals surface area (Å²) in [6.07, 6.45) is 0.0377. The average molecular weight is 348 g/mol. The molecule has 0 aliphatic heterocycles. The summed E-state index contributed by atoms with van der Waals surface area (Å²) in [6.45, 7) is 0.340. The number of aliphatic carboxylic acids is 1. The van der Waals surface area contributed by atoms with E-state index in [1.54, 1.807) is 24.3 Å². The van der Waals surface area contributed by atoms with Crippen LogP contribution >= 0.6 is 0 Å². The van der Waals surface area contributed by atoms with E-state index in [0.717, 1.165) is 5.69 Å². The fourth-order valence-electron chi connectivity index (χ4n) is 1.78. The Morgan fingerprint density at radius 3 is 1.96 bits per heavy atom. The van der Waals surface area contributed by atoms with E-state index in [9.17, 15) is 13.2 Å². The molecule has 2 rings (SSSR count). The van der Waals surface area contributed by atoms with Gasteiger partial charge in [0, 0.05) is 12.2 Å². The summed E-state index contributed by atoms with van der Waals surface area (Å²) in [7, 11) is -3.72. The number of carbonyl (C=O) groups is 1. The molecule has 0 heterocycles. The predicted octanol–water partition coefficient (Wildman–Crippen LogP) is 2.64. The molecular weight excluding hydrogens is 332 g/mol. The first-order valence-corrected chi connectivity index (χ1v) is 8.49. The van der Waals surface area contributed by atoms with Crippen molar-refractivity contribution in [1.82, 2.24) is 0 Å². The number of anilines is 1. The van der Waals surface area contributed by atoms with Gasteiger partial charge in [0.1, 0.15) is 0 Å². The van der Waals surface area contributed by atoms with Crippen LogP contribution in [-0.4, -0.2) is 26.0 Å². The molecule has 0 saturated heterocycles. The summed E-state index contributed by atoms with van der Waals surface area (Å²) < 4.78 is 22.3. The van der Waals surface area contributed by atoms with E-state index in [1.165, 1.54) is 24.3 Å². The average Bonchev–Trinajstić information content (AvgIpc) is 2.53. The maximum atomic E-state index is 11.2. The van der Waals surface area contributed by atoms with E-state index in [2.05, 4.69) is 15.5 Å². The van der Waals surface area contributed by atoms with Crippen molar-refractivity contribution in [2.45, 2.75) is 11.3 Å². The molecule has 0 aliphatic carbocycles. The van der Waals surface area contributed by atoms with Gasteiger partial charge >= 0.3 is 5.97 Å². The van der Waals surface area contributed by atoms with Gasteiger partial charge in [0.15, 0.2) is 0 Å². The minimum absolute atomic E-state index is 0.0123. The van der Waals surface area contributed by atoms with Crippen molar-refractivity contribution in [1.29, 1.82) is 0 Å². The van der Waals surface area contributed by atoms with Crippen molar-refractivity contribution in [3.8, 4) is 0 Å². The molecule has 0 aromatic heterocycles. The van der Waals surface area contributed by atoms with E-state index >= 15 is 0 Å². The van der Waals surface area contributed by atoms with Gasteiger partial charge in [0.05, 0.1) is 22.7 Å². The third-order valence-corrected chi connectivity index (χ3v) is 3.91. The number of azo groups is 1. The zero-order chi connectivity index (χ0) is 17.6. The quantitative estimate of drug-likeness (QED) is 0.661. The van der Waals surface area contributed by atoms with Crippen LogP contribution in [0.3, 0.4) is 0 Å². The van der Waals surface area contributed by atoms with Crippen LogP contribution in [0.4, 0.5) is 17.1 Å². The summed E-state index contributed by atoms with van der Waals surface area (Å²) in [4.78, 5) is 10.4. The Kier molecular flexibility index (Phi) is 5.61. The first-order valence-electron chi connectivity index (χ1n) is 6.95. The van der Waals surface area contributed by atoms with Crippen LogP contribution in [0, 0.1) is 0 Å². The Morgan fingerprint density at radius 2 is 1.50 bits per heavy atom. The van der Waals surface area contributed by atoms with Gasteiger partial charge in [-0.25, -0.2) is 13.6 Å². The second kappa shape index (κ2) is 7.66. The number of primary sulfonamides is 1. The van der Waals surface area contributed by atoms with Gasteiger partial charge in [-0.2, -0.15) is 10.2 Å². The van der Waals surface area contributed by atoms with Crippen molar-refractivity contribution in [2.24, 2.45) is 15.4 Å². The van der Waals surface area contributed by atoms with Crippen LogP contribution in [-0.2, 0) is 14.8 Å². The minimum Gasteiger partial charge on any atom is -0.481 e. The van der Waals surface area contributed by atoms with Crippen molar-refractivity contribution < 1.29 is 18.3 Å². The summed E-state index contributed by atoms with van der Waals surface area (Å²) in [6, 6.07) is 12.7. The van der Waals surface area contributed by atoms with E-state index in [0.29, 0.717) is 17.9 Å². The fourth-order valence-corrected chi connectivity index (χ4v) is 2.29. The Bertz CT molecular complexity index is 831. The molecular formula is C15H16N4O4S. The Morgan fingerprint density at radius 1 is 1.00 bits per heavy atom. The number of nitrogens with two attached hydrogens (primary N) is 1. The third kappa shape index (κ3) is 5.45. The van der Waals surface area contributed by atoms with Gasteiger partial charge in [0.25, 0.3) is 0 Å². The first-order chi connectivity index (χ1) is 11.3. The summed E-state index contributed by atoms with van der Waals surface area (Å²) in [5, 5.41) is 24.6. The molecule has 2 aromatic rings. The van der Waals surface area contributed by atoms with Crippen LogP contribution in [0.15, 0.2) is 63.7 Å². The molecule has 0 fully saturated rings. The van der Waals surface area contributed by atoms with Crippen LogP contribution in [0.5, 0.6) is 0 Å². The highest BCUT2D eigenvalue weighted by molar-refractivity contribution is 7.89. The van der Waals surface area contributed by atoms with Gasteiger partial charge < -0.3 is 10.4 Å². The maximum Gasteiger partial charge on any atom is 0.305 e. The summed E-state index contributed by atoms with van der Waals surface area (Å²) >= 11 is 0. The number of carboxylic acids is 1. The van der Waals surface area contributed by atoms with E-state index in [4.69, 9.17) is 10.2 Å². The lowest BCUT2D eigenvalue weighted by Crippen LogP contribution is -2.11. The van der Waals surface area contributed by atoms with Crippen LogP contribution in [0.2, 0.25) is 0 Å². The molecule has 0 saturated carbocycles. The lowest BCUT2D eigenvalue weighted by Gasteiger charge is -2.04. The van der Waals surface area contributed by atoms with Gasteiger partial charge in [-0.15, -0.1) is 0 Å². The molecule has 0 aliphatic rings. The number of hydrogen-bond donors (Lipinski definition) is 3. The lowest BCUT2D eigenvalue weighted by molar-refractivity contribution is -0.136.